The molecular weight excluding hydrogens is 362 g/mol. The highest BCUT2D eigenvalue weighted by Crippen LogP contribution is 2.46. The number of esters is 1. The summed E-state index contributed by atoms with van der Waals surface area (Å²) < 4.78 is 5.28. The van der Waals surface area contributed by atoms with E-state index in [1.54, 1.807) is 26.0 Å². The van der Waals surface area contributed by atoms with Crippen molar-refractivity contribution in [1.29, 1.82) is 0 Å². The van der Waals surface area contributed by atoms with Crippen LogP contribution >= 0.6 is 11.6 Å². The van der Waals surface area contributed by atoms with Gasteiger partial charge in [-0.25, -0.2) is 4.79 Å². The van der Waals surface area contributed by atoms with E-state index in [0.29, 0.717) is 21.9 Å². The van der Waals surface area contributed by atoms with E-state index in [9.17, 15) is 9.59 Å². The summed E-state index contributed by atoms with van der Waals surface area (Å²) >= 11 is 6.05. The SMILES string of the molecule is CCOC(=O)C1=C(C)N=C2c3ccccc3C(=O)[C@H]2[C@@H]1c1ccc(Cl)cc1. The Morgan fingerprint density at radius 3 is 2.41 bits per heavy atom. The lowest BCUT2D eigenvalue weighted by Crippen LogP contribution is -2.32. The summed E-state index contributed by atoms with van der Waals surface area (Å²) in [7, 11) is 0. The lowest BCUT2D eigenvalue weighted by atomic mass is 9.75. The molecular formula is C22H18ClNO3. The molecule has 0 unspecified atom stereocenters. The number of fused-ring (bicyclic) bond motifs is 3. The number of nitrogens with zero attached hydrogens (tertiary/aromatic N) is 1. The molecule has 0 amide bonds. The Morgan fingerprint density at radius 1 is 1.07 bits per heavy atom. The molecule has 4 rings (SSSR count). The summed E-state index contributed by atoms with van der Waals surface area (Å²) in [6.45, 7) is 3.82. The van der Waals surface area contributed by atoms with Crippen LogP contribution in [0, 0.1) is 5.92 Å². The minimum absolute atomic E-state index is 0.0152. The molecule has 0 aromatic heterocycles. The molecule has 0 spiro atoms. The maximum atomic E-state index is 13.2. The standard InChI is InChI=1S/C22H18ClNO3/c1-3-27-22(26)17-12(2)24-20-15-6-4-5-7-16(15)21(25)19(20)18(17)13-8-10-14(23)11-9-13/h4-11,18-19H,3H2,1-2H3/t18-,19+/m1/s1. The second-order valence-corrected chi connectivity index (χ2v) is 7.07. The lowest BCUT2D eigenvalue weighted by Gasteiger charge is -2.30. The monoisotopic (exact) mass is 379 g/mol. The van der Waals surface area contributed by atoms with E-state index in [0.717, 1.165) is 16.8 Å². The van der Waals surface area contributed by atoms with Crippen LogP contribution in [0.4, 0.5) is 0 Å². The van der Waals surface area contributed by atoms with Gasteiger partial charge in [0.15, 0.2) is 5.78 Å². The van der Waals surface area contributed by atoms with E-state index < -0.39 is 17.8 Å². The molecule has 0 saturated carbocycles. The van der Waals surface area contributed by atoms with Crippen molar-refractivity contribution in [2.45, 2.75) is 19.8 Å². The van der Waals surface area contributed by atoms with Gasteiger partial charge in [0.1, 0.15) is 0 Å². The molecule has 2 aromatic carbocycles. The second-order valence-electron chi connectivity index (χ2n) is 6.63. The number of rotatable bonds is 3. The van der Waals surface area contributed by atoms with Gasteiger partial charge in [-0.05, 0) is 31.5 Å². The molecule has 1 aliphatic carbocycles. The zero-order valence-corrected chi connectivity index (χ0v) is 15.8. The quantitative estimate of drug-likeness (QED) is 0.733. The number of benzene rings is 2. The van der Waals surface area contributed by atoms with Crippen LogP contribution in [0.1, 0.15) is 41.3 Å². The van der Waals surface area contributed by atoms with Crippen molar-refractivity contribution in [3.63, 3.8) is 0 Å². The summed E-state index contributed by atoms with van der Waals surface area (Å²) in [5.41, 5.74) is 4.09. The van der Waals surface area contributed by atoms with Crippen LogP contribution in [0.2, 0.25) is 5.02 Å². The Labute approximate surface area is 162 Å². The number of ketones is 1. The molecule has 2 aromatic rings. The molecule has 27 heavy (non-hydrogen) atoms. The molecule has 0 bridgehead atoms. The van der Waals surface area contributed by atoms with E-state index in [2.05, 4.69) is 4.99 Å². The van der Waals surface area contributed by atoms with Crippen molar-refractivity contribution in [2.24, 2.45) is 10.9 Å². The van der Waals surface area contributed by atoms with Crippen molar-refractivity contribution in [1.82, 2.24) is 0 Å². The molecule has 1 aliphatic heterocycles. The molecule has 2 atom stereocenters. The topological polar surface area (TPSA) is 55.7 Å². The third-order valence-electron chi connectivity index (χ3n) is 5.09. The third kappa shape index (κ3) is 2.81. The number of allylic oxidation sites excluding steroid dienone is 1. The van der Waals surface area contributed by atoms with Gasteiger partial charge >= 0.3 is 5.97 Å². The fourth-order valence-electron chi connectivity index (χ4n) is 3.96. The molecule has 0 fully saturated rings. The van der Waals surface area contributed by atoms with Gasteiger partial charge in [0.2, 0.25) is 0 Å². The molecule has 4 nitrogen and oxygen atoms in total. The lowest BCUT2D eigenvalue weighted by molar-refractivity contribution is -0.139. The zero-order valence-electron chi connectivity index (χ0n) is 15.0. The largest absolute Gasteiger partial charge is 0.463 e. The molecule has 0 saturated heterocycles. The molecule has 2 aliphatic rings. The average Bonchev–Trinajstić information content (AvgIpc) is 2.94. The number of carbonyl (C=O) groups is 2. The van der Waals surface area contributed by atoms with Crippen LogP contribution in [-0.4, -0.2) is 24.1 Å². The average molecular weight is 380 g/mol. The molecule has 1 heterocycles. The van der Waals surface area contributed by atoms with Gasteiger partial charge in [0.25, 0.3) is 0 Å². The molecule has 5 heteroatoms. The van der Waals surface area contributed by atoms with Crippen molar-refractivity contribution < 1.29 is 14.3 Å². The van der Waals surface area contributed by atoms with Gasteiger partial charge in [-0.1, -0.05) is 48.0 Å². The maximum absolute atomic E-state index is 13.2. The van der Waals surface area contributed by atoms with Crippen molar-refractivity contribution in [3.8, 4) is 0 Å². The predicted molar refractivity (Wildman–Crippen MR) is 104 cm³/mol. The number of hydrogen-bond acceptors (Lipinski definition) is 4. The zero-order chi connectivity index (χ0) is 19.1. The fourth-order valence-corrected chi connectivity index (χ4v) is 4.09. The van der Waals surface area contributed by atoms with Crippen LogP contribution in [-0.2, 0) is 9.53 Å². The molecule has 0 radical (unpaired) electrons. The summed E-state index contributed by atoms with van der Waals surface area (Å²) in [6.07, 6.45) is 0. The number of Topliss-reactive ketones (excluding diaryl/α,β-unsaturated/α-hetero) is 1. The maximum Gasteiger partial charge on any atom is 0.336 e. The van der Waals surface area contributed by atoms with Crippen molar-refractivity contribution in [2.75, 3.05) is 6.61 Å². The Balaban J connectivity index is 1.93. The first kappa shape index (κ1) is 17.7. The first-order valence-electron chi connectivity index (χ1n) is 8.88. The van der Waals surface area contributed by atoms with Crippen LogP contribution in [0.5, 0.6) is 0 Å². The summed E-state index contributed by atoms with van der Waals surface area (Å²) in [6, 6.07) is 14.7. The van der Waals surface area contributed by atoms with Gasteiger partial charge in [0.05, 0.1) is 23.8 Å². The Morgan fingerprint density at radius 2 is 1.74 bits per heavy atom. The van der Waals surface area contributed by atoms with E-state index in [4.69, 9.17) is 16.3 Å². The van der Waals surface area contributed by atoms with Crippen molar-refractivity contribution >= 4 is 29.1 Å². The number of carbonyl (C=O) groups excluding carboxylic acids is 2. The summed E-state index contributed by atoms with van der Waals surface area (Å²) in [4.78, 5) is 30.6. The predicted octanol–water partition coefficient (Wildman–Crippen LogP) is 4.58. The fraction of sp³-hybridized carbons (Fsp3) is 0.227. The van der Waals surface area contributed by atoms with Gasteiger partial charge in [-0.3, -0.25) is 9.79 Å². The molecule has 0 N–H and O–H groups in total. The molecule has 136 valence electrons. The second kappa shape index (κ2) is 6.78. The van der Waals surface area contributed by atoms with Crippen LogP contribution in [0.25, 0.3) is 0 Å². The number of aliphatic imine (C=N–C) groups is 1. The Hall–Kier alpha value is -2.72. The van der Waals surface area contributed by atoms with Crippen LogP contribution < -0.4 is 0 Å². The normalized spacial score (nSPS) is 20.9. The van der Waals surface area contributed by atoms with Crippen LogP contribution in [0.3, 0.4) is 0 Å². The number of halogens is 1. The van der Waals surface area contributed by atoms with Gasteiger partial charge < -0.3 is 4.74 Å². The van der Waals surface area contributed by atoms with Gasteiger partial charge in [0, 0.05) is 27.8 Å². The summed E-state index contributed by atoms with van der Waals surface area (Å²) in [5.74, 6) is -1.43. The highest BCUT2D eigenvalue weighted by Gasteiger charge is 2.47. The number of hydrogen-bond donors (Lipinski definition) is 0. The smallest absolute Gasteiger partial charge is 0.336 e. The first-order chi connectivity index (χ1) is 13.0. The number of ether oxygens (including phenoxy) is 1. The van der Waals surface area contributed by atoms with E-state index in [1.165, 1.54) is 0 Å². The van der Waals surface area contributed by atoms with Crippen LogP contribution in [0.15, 0.2) is 64.8 Å². The first-order valence-corrected chi connectivity index (χ1v) is 9.26. The third-order valence-corrected chi connectivity index (χ3v) is 5.34. The van der Waals surface area contributed by atoms with E-state index in [-0.39, 0.29) is 12.4 Å². The Kier molecular flexibility index (Phi) is 4.44. The van der Waals surface area contributed by atoms with E-state index >= 15 is 0 Å². The summed E-state index contributed by atoms with van der Waals surface area (Å²) in [5, 5.41) is 0.600. The highest BCUT2D eigenvalue weighted by molar-refractivity contribution is 6.31. The minimum atomic E-state index is -0.535. The Bertz CT molecular complexity index is 1000. The van der Waals surface area contributed by atoms with Gasteiger partial charge in [-0.15, -0.1) is 0 Å². The van der Waals surface area contributed by atoms with Gasteiger partial charge in [-0.2, -0.15) is 0 Å². The minimum Gasteiger partial charge on any atom is -0.463 e. The van der Waals surface area contributed by atoms with E-state index in [1.807, 2.05) is 36.4 Å². The van der Waals surface area contributed by atoms with Crippen molar-refractivity contribution in [3.05, 3.63) is 81.5 Å². The highest BCUT2D eigenvalue weighted by atomic mass is 35.5.